The number of methoxy groups -OCH3 is 1. The lowest BCUT2D eigenvalue weighted by Gasteiger charge is -2.34. The van der Waals surface area contributed by atoms with E-state index in [2.05, 4.69) is 5.32 Å². The highest BCUT2D eigenvalue weighted by Crippen LogP contribution is 2.30. The van der Waals surface area contributed by atoms with Gasteiger partial charge in [-0.15, -0.1) is 0 Å². The van der Waals surface area contributed by atoms with Gasteiger partial charge >= 0.3 is 0 Å². The van der Waals surface area contributed by atoms with Gasteiger partial charge < -0.3 is 15.0 Å². The third kappa shape index (κ3) is 8.80. The number of anilines is 1. The molecular formula is C37H39ClN4O7S. The number of carbonyl (C=O) groups excluding carboxylic acids is 2. The van der Waals surface area contributed by atoms with Crippen LogP contribution in [0.2, 0.25) is 5.02 Å². The van der Waals surface area contributed by atoms with Crippen LogP contribution < -0.4 is 14.4 Å². The average molecular weight is 719 g/mol. The number of ether oxygens (including phenoxy) is 1. The molecular weight excluding hydrogens is 680 g/mol. The Hall–Kier alpha value is -4.94. The van der Waals surface area contributed by atoms with Crippen LogP contribution in [0.5, 0.6) is 5.75 Å². The number of nitrogens with one attached hydrogen (secondary N) is 1. The van der Waals surface area contributed by atoms with E-state index in [0.717, 1.165) is 41.6 Å². The number of halogens is 1. The summed E-state index contributed by atoms with van der Waals surface area (Å²) >= 11 is 6.16. The van der Waals surface area contributed by atoms with Gasteiger partial charge in [0.15, 0.2) is 0 Å². The molecule has 1 fully saturated rings. The Balaban J connectivity index is 1.59. The molecule has 0 spiro atoms. The zero-order valence-corrected chi connectivity index (χ0v) is 29.4. The monoisotopic (exact) mass is 718 g/mol. The number of aryl methyl sites for hydroxylation is 1. The molecule has 11 nitrogen and oxygen atoms in total. The first-order chi connectivity index (χ1) is 24.0. The number of nitrogens with zero attached hydrogens (tertiary/aromatic N) is 3. The van der Waals surface area contributed by atoms with Gasteiger partial charge in [0.25, 0.3) is 15.7 Å². The molecule has 0 aromatic heterocycles. The first-order valence-corrected chi connectivity index (χ1v) is 18.1. The van der Waals surface area contributed by atoms with Crippen LogP contribution in [0.25, 0.3) is 0 Å². The van der Waals surface area contributed by atoms with E-state index >= 15 is 0 Å². The standard InChI is InChI=1S/C37H39ClN4O7S/c1-26-12-21-33(23-34(26)42(45)46)50(47,48)41(31-17-19-32(49-2)20-18-31)25-36(43)40(24-28-13-15-29(38)16-14-28)35(22-27-8-4-3-5-9-27)37(44)39-30-10-6-7-11-30/h3-5,8-9,12-21,23,30,35H,6-7,10-11,22,24-25H2,1-2H3,(H,39,44)/t35-/m0/s1. The quantitative estimate of drug-likeness (QED) is 0.117. The molecule has 4 aromatic rings. The first kappa shape index (κ1) is 36.3. The molecule has 0 bridgehead atoms. The summed E-state index contributed by atoms with van der Waals surface area (Å²) < 4.78 is 34.9. The molecule has 1 aliphatic carbocycles. The van der Waals surface area contributed by atoms with Crippen molar-refractivity contribution in [3.05, 3.63) is 129 Å². The Morgan fingerprint density at radius 2 is 1.62 bits per heavy atom. The molecule has 5 rings (SSSR count). The largest absolute Gasteiger partial charge is 0.497 e. The Morgan fingerprint density at radius 3 is 2.24 bits per heavy atom. The van der Waals surface area contributed by atoms with E-state index in [9.17, 15) is 28.1 Å². The maximum atomic E-state index is 14.7. The topological polar surface area (TPSA) is 139 Å². The van der Waals surface area contributed by atoms with Crippen LogP contribution >= 0.6 is 11.6 Å². The highest BCUT2D eigenvalue weighted by molar-refractivity contribution is 7.92. The van der Waals surface area contributed by atoms with Gasteiger partial charge in [-0.3, -0.25) is 24.0 Å². The summed E-state index contributed by atoms with van der Waals surface area (Å²) in [6.45, 7) is 0.793. The summed E-state index contributed by atoms with van der Waals surface area (Å²) in [7, 11) is -3.09. The minimum atomic E-state index is -4.55. The van der Waals surface area contributed by atoms with E-state index in [1.807, 2.05) is 30.3 Å². The molecule has 0 heterocycles. The van der Waals surface area contributed by atoms with Crippen LogP contribution in [0, 0.1) is 17.0 Å². The lowest BCUT2D eigenvalue weighted by Crippen LogP contribution is -2.54. The van der Waals surface area contributed by atoms with Gasteiger partial charge in [0, 0.05) is 35.7 Å². The van der Waals surface area contributed by atoms with Crippen LogP contribution in [0.4, 0.5) is 11.4 Å². The van der Waals surface area contributed by atoms with Crippen molar-refractivity contribution in [2.75, 3.05) is 18.0 Å². The van der Waals surface area contributed by atoms with Crippen molar-refractivity contribution in [2.45, 2.75) is 62.6 Å². The molecule has 50 heavy (non-hydrogen) atoms. The fourth-order valence-corrected chi connectivity index (χ4v) is 7.62. The van der Waals surface area contributed by atoms with Crippen molar-refractivity contribution < 1.29 is 27.7 Å². The SMILES string of the molecule is COc1ccc(N(CC(=O)N(Cc2ccc(Cl)cc2)[C@@H](Cc2ccccc2)C(=O)NC2CCCC2)S(=O)(=O)c2ccc(C)c([N+](=O)[O-])c2)cc1. The molecule has 0 saturated heterocycles. The second-order valence-electron chi connectivity index (χ2n) is 12.3. The molecule has 0 aliphatic heterocycles. The maximum Gasteiger partial charge on any atom is 0.273 e. The van der Waals surface area contributed by atoms with Gasteiger partial charge in [-0.25, -0.2) is 8.42 Å². The van der Waals surface area contributed by atoms with E-state index < -0.39 is 33.4 Å². The molecule has 13 heteroatoms. The lowest BCUT2D eigenvalue weighted by molar-refractivity contribution is -0.385. The average Bonchev–Trinajstić information content (AvgIpc) is 3.63. The van der Waals surface area contributed by atoms with Gasteiger partial charge in [0.1, 0.15) is 18.3 Å². The van der Waals surface area contributed by atoms with Crippen molar-refractivity contribution in [1.82, 2.24) is 10.2 Å². The summed E-state index contributed by atoms with van der Waals surface area (Å²) in [5.41, 5.74) is 1.54. The Morgan fingerprint density at radius 1 is 0.960 bits per heavy atom. The Bertz CT molecular complexity index is 1920. The number of hydrogen-bond donors (Lipinski definition) is 1. The minimum Gasteiger partial charge on any atom is -0.497 e. The van der Waals surface area contributed by atoms with Crippen LogP contribution in [-0.4, -0.2) is 55.8 Å². The van der Waals surface area contributed by atoms with Crippen molar-refractivity contribution in [3.63, 3.8) is 0 Å². The van der Waals surface area contributed by atoms with Gasteiger partial charge in [0.2, 0.25) is 11.8 Å². The highest BCUT2D eigenvalue weighted by atomic mass is 35.5. The molecule has 262 valence electrons. The Kier molecular flexibility index (Phi) is 11.8. The van der Waals surface area contributed by atoms with Crippen LogP contribution in [0.1, 0.15) is 42.4 Å². The molecule has 1 atom stereocenters. The number of nitro benzene ring substituents is 1. The second-order valence-corrected chi connectivity index (χ2v) is 14.6. The molecule has 1 aliphatic rings. The Labute approximate surface area is 297 Å². The number of hydrogen-bond acceptors (Lipinski definition) is 7. The van der Waals surface area contributed by atoms with Crippen LogP contribution in [0.15, 0.2) is 102 Å². The van der Waals surface area contributed by atoms with Crippen molar-refractivity contribution >= 4 is 44.8 Å². The third-order valence-corrected chi connectivity index (χ3v) is 10.9. The van der Waals surface area contributed by atoms with E-state index in [1.54, 1.807) is 36.4 Å². The summed E-state index contributed by atoms with van der Waals surface area (Å²) in [6, 6.07) is 24.9. The number of sulfonamides is 1. The van der Waals surface area contributed by atoms with Crippen molar-refractivity contribution in [3.8, 4) is 5.75 Å². The fraction of sp³-hybridized carbons (Fsp3) is 0.297. The van der Waals surface area contributed by atoms with E-state index in [4.69, 9.17) is 16.3 Å². The predicted octanol–water partition coefficient (Wildman–Crippen LogP) is 6.46. The second kappa shape index (κ2) is 16.2. The summed E-state index contributed by atoms with van der Waals surface area (Å²) in [5, 5.41) is 15.4. The minimum absolute atomic E-state index is 0.0158. The molecule has 0 radical (unpaired) electrons. The van der Waals surface area contributed by atoms with Gasteiger partial charge in [-0.1, -0.05) is 73.0 Å². The third-order valence-electron chi connectivity index (χ3n) is 8.84. The summed E-state index contributed by atoms with van der Waals surface area (Å²) in [4.78, 5) is 41.0. The zero-order valence-electron chi connectivity index (χ0n) is 27.8. The molecule has 0 unspecified atom stereocenters. The van der Waals surface area contributed by atoms with Crippen LogP contribution in [0.3, 0.4) is 0 Å². The van der Waals surface area contributed by atoms with Crippen molar-refractivity contribution in [2.24, 2.45) is 0 Å². The van der Waals surface area contributed by atoms with E-state index in [0.29, 0.717) is 16.3 Å². The molecule has 1 N–H and O–H groups in total. The van der Waals surface area contributed by atoms with Gasteiger partial charge in [-0.05, 0) is 73.4 Å². The smallest absolute Gasteiger partial charge is 0.273 e. The maximum absolute atomic E-state index is 14.7. The van der Waals surface area contributed by atoms with Gasteiger partial charge in [-0.2, -0.15) is 0 Å². The number of benzene rings is 4. The summed E-state index contributed by atoms with van der Waals surface area (Å²) in [6.07, 6.45) is 3.83. The number of nitro groups is 1. The molecule has 1 saturated carbocycles. The van der Waals surface area contributed by atoms with Crippen molar-refractivity contribution in [1.29, 1.82) is 0 Å². The van der Waals surface area contributed by atoms with Crippen LogP contribution in [-0.2, 0) is 32.6 Å². The predicted molar refractivity (Wildman–Crippen MR) is 192 cm³/mol. The molecule has 4 aromatic carbocycles. The first-order valence-electron chi connectivity index (χ1n) is 16.3. The zero-order chi connectivity index (χ0) is 35.8. The summed E-state index contributed by atoms with van der Waals surface area (Å²) in [5.74, 6) is -0.529. The number of amides is 2. The van der Waals surface area contributed by atoms with Gasteiger partial charge in [0.05, 0.1) is 22.6 Å². The van der Waals surface area contributed by atoms with E-state index in [1.165, 1.54) is 43.2 Å². The fourth-order valence-electron chi connectivity index (χ4n) is 6.06. The number of carbonyl (C=O) groups is 2. The normalized spacial score (nSPS) is 13.7. The number of rotatable bonds is 14. The highest BCUT2D eigenvalue weighted by Gasteiger charge is 2.36. The van der Waals surface area contributed by atoms with E-state index in [-0.39, 0.29) is 46.7 Å². The lowest BCUT2D eigenvalue weighted by atomic mass is 10.0. The molecule has 2 amide bonds.